The van der Waals surface area contributed by atoms with Crippen LogP contribution < -0.4 is 4.90 Å². The molecule has 2 aliphatic rings. The summed E-state index contributed by atoms with van der Waals surface area (Å²) in [6, 6.07) is 7.21. The molecule has 0 aliphatic carbocycles. The Kier molecular flexibility index (Phi) is 5.25. The Morgan fingerprint density at radius 1 is 1.07 bits per heavy atom. The molecule has 5 rings (SSSR count). The van der Waals surface area contributed by atoms with E-state index in [1.807, 2.05) is 10.9 Å². The first-order chi connectivity index (χ1) is 14.6. The zero-order valence-corrected chi connectivity index (χ0v) is 18.4. The van der Waals surface area contributed by atoms with Gasteiger partial charge in [-0.3, -0.25) is 18.9 Å². The lowest BCUT2D eigenvalue weighted by atomic mass is 10.1. The van der Waals surface area contributed by atoms with E-state index in [0.717, 1.165) is 44.9 Å². The lowest BCUT2D eigenvalue weighted by molar-refractivity contribution is 0.0885. The van der Waals surface area contributed by atoms with Crippen LogP contribution in [0.25, 0.3) is 5.65 Å². The number of aromatic nitrogens is 4. The Hall–Kier alpha value is -2.38. The molecule has 2 aliphatic heterocycles. The van der Waals surface area contributed by atoms with Gasteiger partial charge in [-0.2, -0.15) is 5.10 Å². The Morgan fingerprint density at radius 2 is 1.90 bits per heavy atom. The van der Waals surface area contributed by atoms with Crippen molar-refractivity contribution in [3.05, 3.63) is 48.0 Å². The van der Waals surface area contributed by atoms with E-state index in [1.54, 1.807) is 0 Å². The molecule has 0 aromatic carbocycles. The van der Waals surface area contributed by atoms with Crippen molar-refractivity contribution in [1.29, 1.82) is 0 Å². The van der Waals surface area contributed by atoms with E-state index in [1.165, 1.54) is 29.9 Å². The van der Waals surface area contributed by atoms with Crippen LogP contribution in [0.4, 0.5) is 5.82 Å². The van der Waals surface area contributed by atoms with Crippen LogP contribution in [0.2, 0.25) is 0 Å². The minimum atomic E-state index is 0.310. The van der Waals surface area contributed by atoms with Gasteiger partial charge in [0.2, 0.25) is 0 Å². The van der Waals surface area contributed by atoms with Gasteiger partial charge in [0.25, 0.3) is 0 Å². The van der Waals surface area contributed by atoms with Gasteiger partial charge in [-0.05, 0) is 45.9 Å². The summed E-state index contributed by atoms with van der Waals surface area (Å²) in [6.07, 6.45) is 9.04. The van der Waals surface area contributed by atoms with Gasteiger partial charge in [-0.15, -0.1) is 0 Å². The van der Waals surface area contributed by atoms with Crippen molar-refractivity contribution in [2.45, 2.75) is 45.3 Å². The molecule has 5 heterocycles. The van der Waals surface area contributed by atoms with E-state index in [9.17, 15) is 0 Å². The molecule has 1 unspecified atom stereocenters. The van der Waals surface area contributed by atoms with Gasteiger partial charge in [0.15, 0.2) is 0 Å². The van der Waals surface area contributed by atoms with E-state index in [4.69, 9.17) is 4.98 Å². The number of rotatable bonds is 5. The largest absolute Gasteiger partial charge is 0.358 e. The standard InChI is InChI=1S/C23H33N7/c1-18(2)30-15-19(13-24-30)14-27-12-11-26(3)21(17-27)20-16-29-22(25-20)7-6-8-23(29)28-9-4-5-10-28/h6-8,13,15-16,18,21H,4-5,9-12,14,17H2,1-3H3. The number of fused-ring (bicyclic) bond motifs is 1. The first-order valence-electron chi connectivity index (χ1n) is 11.3. The molecular formula is C23H33N7. The summed E-state index contributed by atoms with van der Waals surface area (Å²) in [4.78, 5) is 12.5. The third kappa shape index (κ3) is 3.72. The topological polar surface area (TPSA) is 44.8 Å². The average molecular weight is 408 g/mol. The maximum Gasteiger partial charge on any atom is 0.138 e. The average Bonchev–Trinajstić information content (AvgIpc) is 3.49. The summed E-state index contributed by atoms with van der Waals surface area (Å²) in [5.74, 6) is 1.28. The molecule has 2 fully saturated rings. The first-order valence-corrected chi connectivity index (χ1v) is 11.3. The number of imidazole rings is 1. The van der Waals surface area contributed by atoms with Gasteiger partial charge < -0.3 is 4.90 Å². The van der Waals surface area contributed by atoms with Gasteiger partial charge in [0, 0.05) is 63.3 Å². The second-order valence-corrected chi connectivity index (χ2v) is 9.13. The van der Waals surface area contributed by atoms with Crippen LogP contribution in [0.3, 0.4) is 0 Å². The van der Waals surface area contributed by atoms with Crippen LogP contribution in [0.5, 0.6) is 0 Å². The summed E-state index contributed by atoms with van der Waals surface area (Å²) in [5.41, 5.74) is 3.52. The van der Waals surface area contributed by atoms with Crippen molar-refractivity contribution >= 4 is 11.5 Å². The van der Waals surface area contributed by atoms with Crippen LogP contribution in [0.15, 0.2) is 36.8 Å². The molecule has 0 bridgehead atoms. The number of hydrogen-bond acceptors (Lipinski definition) is 5. The maximum absolute atomic E-state index is 5.04. The van der Waals surface area contributed by atoms with Gasteiger partial charge >= 0.3 is 0 Å². The van der Waals surface area contributed by atoms with Crippen molar-refractivity contribution < 1.29 is 0 Å². The summed E-state index contributed by atoms with van der Waals surface area (Å²) >= 11 is 0. The highest BCUT2D eigenvalue weighted by Gasteiger charge is 2.28. The zero-order valence-electron chi connectivity index (χ0n) is 18.4. The molecule has 1 atom stereocenters. The second kappa shape index (κ2) is 8.04. The lowest BCUT2D eigenvalue weighted by Gasteiger charge is -2.38. The number of pyridine rings is 1. The maximum atomic E-state index is 5.04. The number of anilines is 1. The fourth-order valence-corrected chi connectivity index (χ4v) is 4.77. The van der Waals surface area contributed by atoms with Gasteiger partial charge in [0.1, 0.15) is 11.5 Å². The Balaban J connectivity index is 1.37. The Bertz CT molecular complexity index is 998. The number of hydrogen-bond donors (Lipinski definition) is 0. The van der Waals surface area contributed by atoms with Crippen LogP contribution >= 0.6 is 0 Å². The molecular weight excluding hydrogens is 374 g/mol. The highest BCUT2D eigenvalue weighted by molar-refractivity contribution is 5.53. The molecule has 2 saturated heterocycles. The summed E-state index contributed by atoms with van der Waals surface area (Å²) in [5, 5.41) is 4.51. The monoisotopic (exact) mass is 407 g/mol. The van der Waals surface area contributed by atoms with Gasteiger partial charge in [0.05, 0.1) is 17.9 Å². The molecule has 0 saturated carbocycles. The predicted octanol–water partition coefficient (Wildman–Crippen LogP) is 3.20. The van der Waals surface area contributed by atoms with Crippen LogP contribution in [-0.4, -0.2) is 68.7 Å². The van der Waals surface area contributed by atoms with Crippen molar-refractivity contribution in [2.24, 2.45) is 0 Å². The van der Waals surface area contributed by atoms with E-state index in [-0.39, 0.29) is 0 Å². The summed E-state index contributed by atoms with van der Waals surface area (Å²) in [7, 11) is 2.23. The molecule has 7 heteroatoms. The van der Waals surface area contributed by atoms with Crippen molar-refractivity contribution in [1.82, 2.24) is 29.0 Å². The third-order valence-electron chi connectivity index (χ3n) is 6.58. The number of nitrogens with zero attached hydrogens (tertiary/aromatic N) is 7. The van der Waals surface area contributed by atoms with Gasteiger partial charge in [-0.1, -0.05) is 6.07 Å². The molecule has 30 heavy (non-hydrogen) atoms. The second-order valence-electron chi connectivity index (χ2n) is 9.13. The Morgan fingerprint density at radius 3 is 2.67 bits per heavy atom. The molecule has 3 aromatic heterocycles. The summed E-state index contributed by atoms with van der Waals surface area (Å²) in [6.45, 7) is 10.7. The van der Waals surface area contributed by atoms with Crippen LogP contribution in [0, 0.1) is 0 Å². The molecule has 160 valence electrons. The van der Waals surface area contributed by atoms with E-state index >= 15 is 0 Å². The van der Waals surface area contributed by atoms with E-state index in [2.05, 4.69) is 75.7 Å². The van der Waals surface area contributed by atoms with Gasteiger partial charge in [-0.25, -0.2) is 4.98 Å². The zero-order chi connectivity index (χ0) is 20.7. The van der Waals surface area contributed by atoms with E-state index in [0.29, 0.717) is 12.1 Å². The molecule has 0 amide bonds. The fraction of sp³-hybridized carbons (Fsp3) is 0.565. The van der Waals surface area contributed by atoms with Crippen molar-refractivity contribution in [3.63, 3.8) is 0 Å². The van der Waals surface area contributed by atoms with Crippen LogP contribution in [-0.2, 0) is 6.54 Å². The van der Waals surface area contributed by atoms with Crippen molar-refractivity contribution in [2.75, 3.05) is 44.7 Å². The quantitative estimate of drug-likeness (QED) is 0.650. The normalized spacial score (nSPS) is 21.3. The highest BCUT2D eigenvalue weighted by atomic mass is 15.3. The minimum Gasteiger partial charge on any atom is -0.358 e. The Labute approximate surface area is 178 Å². The number of likely N-dealkylation sites (N-methyl/N-ethyl adjacent to an activating group) is 1. The molecule has 0 spiro atoms. The van der Waals surface area contributed by atoms with Crippen LogP contribution in [0.1, 0.15) is 50.0 Å². The van der Waals surface area contributed by atoms with Crippen molar-refractivity contribution in [3.8, 4) is 0 Å². The molecule has 7 nitrogen and oxygen atoms in total. The molecule has 3 aromatic rings. The fourth-order valence-electron chi connectivity index (χ4n) is 4.77. The summed E-state index contributed by atoms with van der Waals surface area (Å²) < 4.78 is 4.34. The third-order valence-corrected chi connectivity index (χ3v) is 6.58. The van der Waals surface area contributed by atoms with E-state index < -0.39 is 0 Å². The molecule has 0 radical (unpaired) electrons. The number of piperazine rings is 1. The smallest absolute Gasteiger partial charge is 0.138 e. The minimum absolute atomic E-state index is 0.310. The predicted molar refractivity (Wildman–Crippen MR) is 120 cm³/mol. The highest BCUT2D eigenvalue weighted by Crippen LogP contribution is 2.28. The first kappa shape index (κ1) is 19.6. The molecule has 0 N–H and O–H groups in total. The lowest BCUT2D eigenvalue weighted by Crippen LogP contribution is -2.46. The SMILES string of the molecule is CC(C)n1cc(CN2CCN(C)C(c3cn4c(N5CCCC5)cccc4n3)C2)cn1.